The topological polar surface area (TPSA) is 64.3 Å². The third kappa shape index (κ3) is 4.75. The molecular formula is C25H17F3O4S. The number of benzene rings is 3. The van der Waals surface area contributed by atoms with Crippen molar-refractivity contribution < 1.29 is 26.0 Å². The number of hydrogen-bond acceptors (Lipinski definition) is 4. The lowest BCUT2D eigenvalue weighted by atomic mass is 9.95. The molecule has 168 valence electrons. The van der Waals surface area contributed by atoms with Gasteiger partial charge in [0.2, 0.25) is 0 Å². The van der Waals surface area contributed by atoms with Crippen molar-refractivity contribution in [3.8, 4) is 33.6 Å². The Labute approximate surface area is 187 Å². The average molecular weight is 470 g/mol. The second-order valence-electron chi connectivity index (χ2n) is 7.42. The minimum Gasteiger partial charge on any atom is -0.422 e. The Morgan fingerprint density at radius 1 is 0.758 bits per heavy atom. The summed E-state index contributed by atoms with van der Waals surface area (Å²) in [5.74, 6) is 0.0931. The Morgan fingerprint density at radius 3 is 1.88 bits per heavy atom. The van der Waals surface area contributed by atoms with Crippen LogP contribution in [0.15, 0.2) is 99.0 Å². The van der Waals surface area contributed by atoms with Crippen LogP contribution < -0.4 is 5.63 Å². The van der Waals surface area contributed by atoms with Gasteiger partial charge in [0, 0.05) is 17.4 Å². The van der Waals surface area contributed by atoms with E-state index in [1.54, 1.807) is 48.5 Å². The van der Waals surface area contributed by atoms with Gasteiger partial charge in [0.25, 0.3) is 0 Å². The summed E-state index contributed by atoms with van der Waals surface area (Å²) in [5, 5.41) is 0. The molecule has 0 bridgehead atoms. The largest absolute Gasteiger partial charge is 0.422 e. The minimum atomic E-state index is -4.48. The van der Waals surface area contributed by atoms with Gasteiger partial charge in [-0.2, -0.15) is 13.2 Å². The molecule has 0 N–H and O–H groups in total. The van der Waals surface area contributed by atoms with Gasteiger partial charge in [-0.3, -0.25) is 0 Å². The number of alkyl halides is 3. The molecule has 0 atom stereocenters. The van der Waals surface area contributed by atoms with E-state index in [9.17, 15) is 26.4 Å². The molecule has 0 spiro atoms. The molecule has 0 aliphatic carbocycles. The van der Waals surface area contributed by atoms with E-state index in [4.69, 9.17) is 4.42 Å². The number of hydrogen-bond donors (Lipinski definition) is 0. The van der Waals surface area contributed by atoms with E-state index in [0.29, 0.717) is 22.3 Å². The molecule has 0 radical (unpaired) electrons. The minimum absolute atomic E-state index is 0.0931. The smallest absolute Gasteiger partial charge is 0.416 e. The molecule has 0 fully saturated rings. The van der Waals surface area contributed by atoms with Crippen molar-refractivity contribution in [1.82, 2.24) is 0 Å². The third-order valence-corrected chi connectivity index (χ3v) is 6.23. The molecule has 8 heteroatoms. The first-order valence-corrected chi connectivity index (χ1v) is 11.6. The van der Waals surface area contributed by atoms with E-state index in [1.165, 1.54) is 24.3 Å². The molecule has 4 rings (SSSR count). The van der Waals surface area contributed by atoms with Crippen LogP contribution in [0, 0.1) is 0 Å². The molecule has 0 amide bonds. The highest BCUT2D eigenvalue weighted by Gasteiger charge is 2.30. The zero-order chi connectivity index (χ0) is 23.8. The molecule has 33 heavy (non-hydrogen) atoms. The molecule has 1 aromatic heterocycles. The predicted octanol–water partition coefficient (Wildman–Crippen LogP) is 6.06. The molecule has 0 saturated carbocycles. The zero-order valence-corrected chi connectivity index (χ0v) is 18.1. The Bertz CT molecular complexity index is 1450. The van der Waals surface area contributed by atoms with Gasteiger partial charge >= 0.3 is 11.8 Å². The van der Waals surface area contributed by atoms with Gasteiger partial charge in [-0.1, -0.05) is 54.6 Å². The van der Waals surface area contributed by atoms with Gasteiger partial charge in [-0.05, 0) is 41.5 Å². The summed E-state index contributed by atoms with van der Waals surface area (Å²) in [6, 6.07) is 20.7. The highest BCUT2D eigenvalue weighted by Crippen LogP contribution is 2.35. The first kappa shape index (κ1) is 22.5. The Balaban J connectivity index is 1.91. The number of rotatable bonds is 4. The van der Waals surface area contributed by atoms with Crippen molar-refractivity contribution in [2.24, 2.45) is 0 Å². The second-order valence-corrected chi connectivity index (χ2v) is 9.44. The maximum atomic E-state index is 13.0. The highest BCUT2D eigenvalue weighted by atomic mass is 32.2. The summed E-state index contributed by atoms with van der Waals surface area (Å²) in [7, 11) is -3.41. The van der Waals surface area contributed by atoms with Gasteiger partial charge in [0.05, 0.1) is 16.0 Å². The lowest BCUT2D eigenvalue weighted by Crippen LogP contribution is -2.07. The maximum Gasteiger partial charge on any atom is 0.416 e. The highest BCUT2D eigenvalue weighted by molar-refractivity contribution is 7.90. The Morgan fingerprint density at radius 2 is 1.33 bits per heavy atom. The second kappa shape index (κ2) is 8.37. The fraction of sp³-hybridized carbons (Fsp3) is 0.0800. The molecule has 3 aromatic carbocycles. The van der Waals surface area contributed by atoms with Crippen LogP contribution in [0.3, 0.4) is 0 Å². The van der Waals surface area contributed by atoms with Crippen molar-refractivity contribution in [3.05, 3.63) is 101 Å². The van der Waals surface area contributed by atoms with Crippen LogP contribution in [0.25, 0.3) is 33.6 Å². The van der Waals surface area contributed by atoms with E-state index >= 15 is 0 Å². The van der Waals surface area contributed by atoms with E-state index in [-0.39, 0.29) is 16.2 Å². The average Bonchev–Trinajstić information content (AvgIpc) is 2.78. The molecule has 0 unspecified atom stereocenters. The quantitative estimate of drug-likeness (QED) is 0.364. The Hall–Kier alpha value is -3.65. The van der Waals surface area contributed by atoms with Crippen LogP contribution in [0.5, 0.6) is 0 Å². The SMILES string of the molecule is CS(=O)(=O)c1ccc(-c2cc(-c3ccc(C(F)(F)F)cc3)oc(=O)c2-c2ccccc2)cc1. The van der Waals surface area contributed by atoms with Gasteiger partial charge < -0.3 is 4.42 Å². The van der Waals surface area contributed by atoms with Gasteiger partial charge in [0.1, 0.15) is 5.76 Å². The zero-order valence-electron chi connectivity index (χ0n) is 17.3. The lowest BCUT2D eigenvalue weighted by molar-refractivity contribution is -0.137. The van der Waals surface area contributed by atoms with Crippen LogP contribution in [-0.4, -0.2) is 14.7 Å². The molecule has 0 saturated heterocycles. The monoisotopic (exact) mass is 470 g/mol. The van der Waals surface area contributed by atoms with E-state index < -0.39 is 27.2 Å². The van der Waals surface area contributed by atoms with Gasteiger partial charge in [0.15, 0.2) is 9.84 Å². The van der Waals surface area contributed by atoms with Crippen molar-refractivity contribution >= 4 is 9.84 Å². The lowest BCUT2D eigenvalue weighted by Gasteiger charge is -2.12. The van der Waals surface area contributed by atoms with Crippen LogP contribution in [-0.2, 0) is 16.0 Å². The number of sulfone groups is 1. The molecular weight excluding hydrogens is 453 g/mol. The summed E-state index contributed by atoms with van der Waals surface area (Å²) >= 11 is 0. The molecule has 4 nitrogen and oxygen atoms in total. The molecule has 4 aromatic rings. The van der Waals surface area contributed by atoms with E-state index in [0.717, 1.165) is 18.4 Å². The fourth-order valence-electron chi connectivity index (χ4n) is 3.45. The van der Waals surface area contributed by atoms with Gasteiger partial charge in [-0.15, -0.1) is 0 Å². The van der Waals surface area contributed by atoms with Crippen LogP contribution >= 0.6 is 0 Å². The predicted molar refractivity (Wildman–Crippen MR) is 119 cm³/mol. The van der Waals surface area contributed by atoms with Crippen molar-refractivity contribution in [2.75, 3.05) is 6.26 Å². The molecule has 1 heterocycles. The van der Waals surface area contributed by atoms with Crippen LogP contribution in [0.1, 0.15) is 5.56 Å². The van der Waals surface area contributed by atoms with Crippen molar-refractivity contribution in [3.63, 3.8) is 0 Å². The summed E-state index contributed by atoms with van der Waals surface area (Å²) in [6.07, 6.45) is -3.39. The van der Waals surface area contributed by atoms with Crippen LogP contribution in [0.4, 0.5) is 13.2 Å². The van der Waals surface area contributed by atoms with Gasteiger partial charge in [-0.25, -0.2) is 13.2 Å². The van der Waals surface area contributed by atoms with Crippen molar-refractivity contribution in [2.45, 2.75) is 11.1 Å². The summed E-state index contributed by atoms with van der Waals surface area (Å²) in [5.41, 5.74) is 0.695. The van der Waals surface area contributed by atoms with Crippen molar-refractivity contribution in [1.29, 1.82) is 0 Å². The van der Waals surface area contributed by atoms with Crippen LogP contribution in [0.2, 0.25) is 0 Å². The maximum absolute atomic E-state index is 13.0. The standard InChI is InChI=1S/C25H17F3O4S/c1-33(30,31)20-13-9-16(10-14-20)21-15-22(17-7-11-19(12-8-17)25(26,27)28)32-24(29)23(21)18-5-3-2-4-6-18/h2-15H,1H3. The Kier molecular flexibility index (Phi) is 5.71. The summed E-state index contributed by atoms with van der Waals surface area (Å²) in [4.78, 5) is 13.1. The normalized spacial score (nSPS) is 12.0. The van der Waals surface area contributed by atoms with E-state index in [2.05, 4.69) is 0 Å². The fourth-order valence-corrected chi connectivity index (χ4v) is 4.08. The first-order chi connectivity index (χ1) is 15.5. The third-order valence-electron chi connectivity index (χ3n) is 5.10. The number of halogens is 3. The summed E-state index contributed by atoms with van der Waals surface area (Å²) in [6.45, 7) is 0. The molecule has 0 aliphatic rings. The molecule has 0 aliphatic heterocycles. The first-order valence-electron chi connectivity index (χ1n) is 9.76. The summed E-state index contributed by atoms with van der Waals surface area (Å²) < 4.78 is 67.8. The van der Waals surface area contributed by atoms with E-state index in [1.807, 2.05) is 0 Å².